The van der Waals surface area contributed by atoms with Gasteiger partial charge in [-0.3, -0.25) is 14.2 Å². The van der Waals surface area contributed by atoms with Crippen molar-refractivity contribution in [1.82, 2.24) is 14.5 Å². The number of amides is 1. The normalized spacial score (nSPS) is 12.9. The molecular formula is C23H35N3O2. The molecule has 0 N–H and O–H groups in total. The molecule has 2 aromatic rings. The van der Waals surface area contributed by atoms with Gasteiger partial charge in [0.25, 0.3) is 5.56 Å². The van der Waals surface area contributed by atoms with Crippen molar-refractivity contribution in [2.24, 2.45) is 5.41 Å². The molecule has 1 aromatic heterocycles. The Kier molecular flexibility index (Phi) is 7.39. The van der Waals surface area contributed by atoms with E-state index >= 15 is 0 Å². The van der Waals surface area contributed by atoms with Crippen molar-refractivity contribution in [1.29, 1.82) is 0 Å². The molecule has 0 saturated heterocycles. The Bertz CT molecular complexity index is 864. The molecule has 2 rings (SSSR count). The van der Waals surface area contributed by atoms with Crippen molar-refractivity contribution in [3.63, 3.8) is 0 Å². The molecule has 0 radical (unpaired) electrons. The van der Waals surface area contributed by atoms with Gasteiger partial charge in [0.15, 0.2) is 0 Å². The van der Waals surface area contributed by atoms with E-state index in [0.717, 1.165) is 19.3 Å². The molecule has 5 nitrogen and oxygen atoms in total. The van der Waals surface area contributed by atoms with Crippen LogP contribution in [-0.4, -0.2) is 26.9 Å². The minimum atomic E-state index is -0.245. The summed E-state index contributed by atoms with van der Waals surface area (Å²) in [6.07, 6.45) is 3.27. The molecule has 0 bridgehead atoms. The molecule has 0 saturated carbocycles. The molecule has 1 aromatic carbocycles. The maximum atomic E-state index is 13.1. The number of aromatic nitrogens is 2. The number of hydrogen-bond donors (Lipinski definition) is 0. The van der Waals surface area contributed by atoms with Crippen molar-refractivity contribution >= 4 is 16.8 Å². The van der Waals surface area contributed by atoms with Gasteiger partial charge in [0, 0.05) is 19.5 Å². The zero-order valence-electron chi connectivity index (χ0n) is 18.3. The summed E-state index contributed by atoms with van der Waals surface area (Å²) in [5, 5.41) is 0.632. The van der Waals surface area contributed by atoms with Crippen molar-refractivity contribution in [3.05, 3.63) is 40.4 Å². The fraction of sp³-hybridized carbons (Fsp3) is 0.609. The fourth-order valence-electron chi connectivity index (χ4n) is 3.50. The zero-order valence-corrected chi connectivity index (χ0v) is 18.3. The lowest BCUT2D eigenvalue weighted by Crippen LogP contribution is -2.39. The van der Waals surface area contributed by atoms with Gasteiger partial charge in [0.05, 0.1) is 16.9 Å². The zero-order chi connectivity index (χ0) is 20.9. The molecule has 1 unspecified atom stereocenters. The number of para-hydroxylation sites is 1. The lowest BCUT2D eigenvalue weighted by atomic mass is 9.91. The fourth-order valence-corrected chi connectivity index (χ4v) is 3.50. The monoisotopic (exact) mass is 385 g/mol. The quantitative estimate of drug-likeness (QED) is 0.647. The second-order valence-electron chi connectivity index (χ2n) is 8.80. The van der Waals surface area contributed by atoms with Gasteiger partial charge in [-0.25, -0.2) is 4.98 Å². The van der Waals surface area contributed by atoms with Crippen LogP contribution in [0.25, 0.3) is 10.9 Å². The van der Waals surface area contributed by atoms with Crippen LogP contribution < -0.4 is 5.56 Å². The first-order chi connectivity index (χ1) is 13.2. The number of carbonyl (C=O) groups excluding carboxylic acids is 1. The predicted octanol–water partition coefficient (Wildman–Crippen LogP) is 4.93. The first-order valence-corrected chi connectivity index (χ1v) is 10.5. The van der Waals surface area contributed by atoms with Crippen LogP contribution in [0.3, 0.4) is 0 Å². The number of carbonyl (C=O) groups is 1. The van der Waals surface area contributed by atoms with E-state index in [-0.39, 0.29) is 22.9 Å². The lowest BCUT2D eigenvalue weighted by molar-refractivity contribution is -0.135. The molecular weight excluding hydrogens is 350 g/mol. The maximum Gasteiger partial charge on any atom is 0.261 e. The molecule has 5 heteroatoms. The Hall–Kier alpha value is -2.17. The highest BCUT2D eigenvalue weighted by atomic mass is 16.2. The topological polar surface area (TPSA) is 55.2 Å². The Labute approximate surface area is 168 Å². The highest BCUT2D eigenvalue weighted by Gasteiger charge is 2.28. The van der Waals surface area contributed by atoms with Crippen LogP contribution in [0, 0.1) is 5.41 Å². The smallest absolute Gasteiger partial charge is 0.261 e. The van der Waals surface area contributed by atoms with Crippen molar-refractivity contribution in [2.75, 3.05) is 6.54 Å². The van der Waals surface area contributed by atoms with Gasteiger partial charge in [-0.05, 0) is 37.3 Å². The van der Waals surface area contributed by atoms with Gasteiger partial charge in [-0.2, -0.15) is 0 Å². The van der Waals surface area contributed by atoms with Crippen LogP contribution in [0.2, 0.25) is 0 Å². The van der Waals surface area contributed by atoms with Crippen molar-refractivity contribution in [2.45, 2.75) is 79.8 Å². The van der Waals surface area contributed by atoms with Gasteiger partial charge in [0.2, 0.25) is 5.91 Å². The highest BCUT2D eigenvalue weighted by Crippen LogP contribution is 2.26. The average Bonchev–Trinajstić information content (AvgIpc) is 2.62. The SMILES string of the molecule is CCCCN(C(=O)CC(C)(C)C)C(C)c1nc2ccccc2c(=O)n1CCC. The van der Waals surface area contributed by atoms with Crippen LogP contribution >= 0.6 is 0 Å². The van der Waals surface area contributed by atoms with E-state index in [0.29, 0.717) is 36.2 Å². The van der Waals surface area contributed by atoms with E-state index in [4.69, 9.17) is 4.98 Å². The minimum Gasteiger partial charge on any atom is -0.333 e. The molecule has 0 spiro atoms. The first-order valence-electron chi connectivity index (χ1n) is 10.5. The molecule has 0 aliphatic carbocycles. The second kappa shape index (κ2) is 9.35. The molecule has 28 heavy (non-hydrogen) atoms. The summed E-state index contributed by atoms with van der Waals surface area (Å²) in [7, 11) is 0. The van der Waals surface area contributed by atoms with Crippen LogP contribution in [0.4, 0.5) is 0 Å². The van der Waals surface area contributed by atoms with E-state index in [9.17, 15) is 9.59 Å². The second-order valence-corrected chi connectivity index (χ2v) is 8.80. The largest absolute Gasteiger partial charge is 0.333 e. The van der Waals surface area contributed by atoms with Crippen LogP contribution in [0.5, 0.6) is 0 Å². The number of unbranched alkanes of at least 4 members (excludes halogenated alkanes) is 1. The molecule has 1 atom stereocenters. The average molecular weight is 386 g/mol. The van der Waals surface area contributed by atoms with Gasteiger partial charge in [-0.15, -0.1) is 0 Å². The summed E-state index contributed by atoms with van der Waals surface area (Å²) < 4.78 is 1.76. The Morgan fingerprint density at radius 3 is 2.46 bits per heavy atom. The number of rotatable bonds is 8. The van der Waals surface area contributed by atoms with Gasteiger partial charge < -0.3 is 4.90 Å². The Morgan fingerprint density at radius 1 is 1.18 bits per heavy atom. The van der Waals surface area contributed by atoms with Crippen LogP contribution in [-0.2, 0) is 11.3 Å². The molecule has 154 valence electrons. The number of hydrogen-bond acceptors (Lipinski definition) is 3. The van der Waals surface area contributed by atoms with E-state index in [1.807, 2.05) is 36.1 Å². The third kappa shape index (κ3) is 5.21. The van der Waals surface area contributed by atoms with E-state index in [1.165, 1.54) is 0 Å². The summed E-state index contributed by atoms with van der Waals surface area (Å²) in [5.41, 5.74) is 0.592. The number of nitrogens with zero attached hydrogens (tertiary/aromatic N) is 3. The van der Waals surface area contributed by atoms with E-state index < -0.39 is 0 Å². The standard InChI is InChI=1S/C23H35N3O2/c1-7-9-15-25(20(27)16-23(4,5)6)17(3)21-24-19-13-11-10-12-18(19)22(28)26(21)14-8-2/h10-13,17H,7-9,14-16H2,1-6H3. The minimum absolute atomic E-state index is 0.0204. The predicted molar refractivity (Wildman–Crippen MR) is 115 cm³/mol. The van der Waals surface area contributed by atoms with E-state index in [1.54, 1.807) is 4.57 Å². The Morgan fingerprint density at radius 2 is 1.86 bits per heavy atom. The van der Waals surface area contributed by atoms with Crippen molar-refractivity contribution in [3.8, 4) is 0 Å². The molecule has 1 amide bonds. The molecule has 0 aliphatic rings. The van der Waals surface area contributed by atoms with Gasteiger partial charge in [-0.1, -0.05) is 53.2 Å². The van der Waals surface area contributed by atoms with Gasteiger partial charge in [0.1, 0.15) is 5.82 Å². The highest BCUT2D eigenvalue weighted by molar-refractivity contribution is 5.78. The molecule has 0 aliphatic heterocycles. The van der Waals surface area contributed by atoms with Crippen LogP contribution in [0.1, 0.15) is 79.1 Å². The van der Waals surface area contributed by atoms with Crippen molar-refractivity contribution < 1.29 is 4.79 Å². The summed E-state index contributed by atoms with van der Waals surface area (Å²) in [4.78, 5) is 33.0. The summed E-state index contributed by atoms with van der Waals surface area (Å²) in [6, 6.07) is 7.21. The number of benzene rings is 1. The Balaban J connectivity index is 2.54. The van der Waals surface area contributed by atoms with Crippen LogP contribution in [0.15, 0.2) is 29.1 Å². The maximum absolute atomic E-state index is 13.1. The van der Waals surface area contributed by atoms with E-state index in [2.05, 4.69) is 34.6 Å². The lowest BCUT2D eigenvalue weighted by Gasteiger charge is -2.32. The molecule has 0 fully saturated rings. The first kappa shape index (κ1) is 22.1. The van der Waals surface area contributed by atoms with Gasteiger partial charge >= 0.3 is 0 Å². The third-order valence-corrected chi connectivity index (χ3v) is 4.93. The summed E-state index contributed by atoms with van der Waals surface area (Å²) in [6.45, 7) is 13.7. The summed E-state index contributed by atoms with van der Waals surface area (Å²) >= 11 is 0. The molecule has 1 heterocycles. The number of fused-ring (bicyclic) bond motifs is 1. The third-order valence-electron chi connectivity index (χ3n) is 4.93. The summed E-state index contributed by atoms with van der Waals surface area (Å²) in [5.74, 6) is 0.808.